The van der Waals surface area contributed by atoms with Crippen LogP contribution in [0.4, 0.5) is 0 Å². The molecule has 1 aliphatic carbocycles. The zero-order valence-corrected chi connectivity index (χ0v) is 17.3. The highest BCUT2D eigenvalue weighted by Crippen LogP contribution is 2.40. The summed E-state index contributed by atoms with van der Waals surface area (Å²) in [5.41, 5.74) is 9.46. The topological polar surface area (TPSA) is 13.1 Å². The van der Waals surface area contributed by atoms with Gasteiger partial charge in [0.15, 0.2) is 0 Å². The molecule has 2 aromatic carbocycles. The Bertz CT molecular complexity index is 1000. The molecule has 0 saturated heterocycles. The lowest BCUT2D eigenvalue weighted by molar-refractivity contribution is 0.581. The maximum absolute atomic E-state index is 6.26. The Hall–Kier alpha value is -2.32. The minimum Gasteiger partial charge on any atom is -0.467 e. The molecule has 3 aromatic rings. The Morgan fingerprint density at radius 1 is 0.923 bits per heavy atom. The summed E-state index contributed by atoms with van der Waals surface area (Å²) >= 11 is 0. The average molecular weight is 359 g/mol. The number of hydrogen-bond acceptors (Lipinski definition) is 1. The van der Waals surface area contributed by atoms with Crippen LogP contribution in [0.15, 0.2) is 52.9 Å². The van der Waals surface area contributed by atoms with Gasteiger partial charge >= 0.3 is 0 Å². The van der Waals surface area contributed by atoms with Gasteiger partial charge in [0, 0.05) is 6.42 Å². The van der Waals surface area contributed by atoms with E-state index in [0.717, 1.165) is 12.2 Å². The molecule has 0 spiro atoms. The molecular formula is C24H26OSi. The number of furan rings is 1. The first-order valence-corrected chi connectivity index (χ1v) is 12.8. The first-order valence-electron chi connectivity index (χ1n) is 9.34. The predicted molar refractivity (Wildman–Crippen MR) is 115 cm³/mol. The van der Waals surface area contributed by atoms with Crippen LogP contribution < -0.4 is 5.38 Å². The smallest absolute Gasteiger partial charge is 0.129 e. The molecule has 0 amide bonds. The van der Waals surface area contributed by atoms with Crippen molar-refractivity contribution in [3.8, 4) is 11.1 Å². The number of benzene rings is 2. The lowest BCUT2D eigenvalue weighted by atomic mass is 9.90. The number of fused-ring (bicyclic) bond motifs is 1. The predicted octanol–water partition coefficient (Wildman–Crippen LogP) is 6.21. The number of aryl methyl sites for hydroxylation is 1. The molecule has 0 fully saturated rings. The van der Waals surface area contributed by atoms with Crippen molar-refractivity contribution in [3.63, 3.8) is 0 Å². The van der Waals surface area contributed by atoms with Crippen molar-refractivity contribution < 1.29 is 4.42 Å². The SMILES string of the molecule is Cc1cc2c(c(-c3ccccc3)c1C)C=C(c1ccc([Si](C)(C)C)o1)C2. The van der Waals surface area contributed by atoms with E-state index < -0.39 is 8.07 Å². The number of hydrogen-bond donors (Lipinski definition) is 0. The van der Waals surface area contributed by atoms with Crippen molar-refractivity contribution in [1.82, 2.24) is 0 Å². The Labute approximate surface area is 157 Å². The van der Waals surface area contributed by atoms with E-state index in [9.17, 15) is 0 Å². The molecule has 0 bridgehead atoms. The van der Waals surface area contributed by atoms with Crippen LogP contribution in [0.2, 0.25) is 19.6 Å². The maximum Gasteiger partial charge on any atom is 0.129 e. The van der Waals surface area contributed by atoms with E-state index >= 15 is 0 Å². The van der Waals surface area contributed by atoms with Gasteiger partial charge in [0.25, 0.3) is 0 Å². The van der Waals surface area contributed by atoms with E-state index in [1.807, 2.05) is 0 Å². The highest BCUT2D eigenvalue weighted by Gasteiger charge is 2.25. The molecule has 132 valence electrons. The van der Waals surface area contributed by atoms with Crippen LogP contribution in [-0.2, 0) is 6.42 Å². The molecule has 1 heterocycles. The molecule has 0 radical (unpaired) electrons. The van der Waals surface area contributed by atoms with Crippen molar-refractivity contribution in [1.29, 1.82) is 0 Å². The van der Waals surface area contributed by atoms with Crippen LogP contribution in [0.25, 0.3) is 22.8 Å². The third-order valence-electron chi connectivity index (χ3n) is 5.40. The third-order valence-corrected chi connectivity index (χ3v) is 7.14. The van der Waals surface area contributed by atoms with E-state index in [4.69, 9.17) is 4.42 Å². The minimum absolute atomic E-state index is 0.953. The summed E-state index contributed by atoms with van der Waals surface area (Å²) in [6, 6.07) is 17.4. The van der Waals surface area contributed by atoms with Crippen molar-refractivity contribution >= 4 is 25.1 Å². The maximum atomic E-state index is 6.26. The summed E-state index contributed by atoms with van der Waals surface area (Å²) in [7, 11) is -1.42. The quantitative estimate of drug-likeness (QED) is 0.508. The fourth-order valence-corrected chi connectivity index (χ4v) is 4.80. The largest absolute Gasteiger partial charge is 0.467 e. The van der Waals surface area contributed by atoms with Crippen LogP contribution in [-0.4, -0.2) is 8.07 Å². The zero-order valence-electron chi connectivity index (χ0n) is 16.3. The summed E-state index contributed by atoms with van der Waals surface area (Å²) in [5, 5.41) is 1.18. The second kappa shape index (κ2) is 6.13. The van der Waals surface area contributed by atoms with Gasteiger partial charge in [-0.2, -0.15) is 0 Å². The fourth-order valence-electron chi connectivity index (χ4n) is 3.80. The molecule has 2 heteroatoms. The third kappa shape index (κ3) is 2.89. The van der Waals surface area contributed by atoms with Crippen LogP contribution in [0.1, 0.15) is 28.0 Å². The molecule has 4 rings (SSSR count). The second-order valence-corrected chi connectivity index (χ2v) is 13.4. The Kier molecular flexibility index (Phi) is 4.04. The van der Waals surface area contributed by atoms with Gasteiger partial charge in [0.05, 0.1) is 5.38 Å². The van der Waals surface area contributed by atoms with Crippen LogP contribution in [0.3, 0.4) is 0 Å². The normalized spacial score (nSPS) is 13.7. The molecule has 0 saturated carbocycles. The molecule has 1 aromatic heterocycles. The van der Waals surface area contributed by atoms with Crippen LogP contribution in [0.5, 0.6) is 0 Å². The number of allylic oxidation sites excluding steroid dienone is 1. The highest BCUT2D eigenvalue weighted by atomic mass is 28.3. The van der Waals surface area contributed by atoms with Crippen molar-refractivity contribution in [2.24, 2.45) is 0 Å². The lowest BCUT2D eigenvalue weighted by Crippen LogP contribution is -2.36. The molecule has 0 N–H and O–H groups in total. The summed E-state index contributed by atoms with van der Waals surface area (Å²) in [6.45, 7) is 11.4. The monoisotopic (exact) mass is 358 g/mol. The zero-order chi connectivity index (χ0) is 18.5. The highest BCUT2D eigenvalue weighted by molar-refractivity contribution is 6.87. The molecular weight excluding hydrogens is 332 g/mol. The van der Waals surface area contributed by atoms with E-state index in [0.29, 0.717) is 0 Å². The van der Waals surface area contributed by atoms with E-state index in [1.165, 1.54) is 44.3 Å². The molecule has 1 nitrogen and oxygen atoms in total. The van der Waals surface area contributed by atoms with Crippen molar-refractivity contribution in [2.75, 3.05) is 0 Å². The fraction of sp³-hybridized carbons (Fsp3) is 0.250. The molecule has 0 atom stereocenters. The summed E-state index contributed by atoms with van der Waals surface area (Å²) < 4.78 is 6.26. The van der Waals surface area contributed by atoms with Gasteiger partial charge in [-0.25, -0.2) is 0 Å². The Morgan fingerprint density at radius 3 is 2.31 bits per heavy atom. The van der Waals surface area contributed by atoms with Gasteiger partial charge in [-0.3, -0.25) is 0 Å². The Morgan fingerprint density at radius 2 is 1.65 bits per heavy atom. The summed E-state index contributed by atoms with van der Waals surface area (Å²) in [5.74, 6) is 1.04. The molecule has 1 aliphatic rings. The van der Waals surface area contributed by atoms with Crippen molar-refractivity contribution in [2.45, 2.75) is 39.9 Å². The van der Waals surface area contributed by atoms with Crippen LogP contribution >= 0.6 is 0 Å². The van der Waals surface area contributed by atoms with Crippen molar-refractivity contribution in [3.05, 3.63) is 76.5 Å². The molecule has 26 heavy (non-hydrogen) atoms. The van der Waals surface area contributed by atoms with Crippen LogP contribution in [0, 0.1) is 13.8 Å². The number of rotatable bonds is 3. The Balaban J connectivity index is 1.83. The van der Waals surface area contributed by atoms with Gasteiger partial charge < -0.3 is 4.42 Å². The van der Waals surface area contributed by atoms with Gasteiger partial charge in [-0.15, -0.1) is 0 Å². The van der Waals surface area contributed by atoms with Gasteiger partial charge in [0.2, 0.25) is 0 Å². The summed E-state index contributed by atoms with van der Waals surface area (Å²) in [6.07, 6.45) is 3.30. The molecule has 0 aliphatic heterocycles. The molecule has 0 unspecified atom stereocenters. The standard InChI is InChI=1S/C24H26OSi/c1-16-13-19-14-20(22-11-12-23(25-22)26(3,4)5)15-21(19)24(17(16)2)18-9-7-6-8-10-18/h6-13,15H,14H2,1-5H3. The average Bonchev–Trinajstić information content (AvgIpc) is 3.23. The van der Waals surface area contributed by atoms with Gasteiger partial charge in [0.1, 0.15) is 13.8 Å². The lowest BCUT2D eigenvalue weighted by Gasteiger charge is -2.14. The first kappa shape index (κ1) is 17.1. The van der Waals surface area contributed by atoms with Gasteiger partial charge in [-0.05, 0) is 71.0 Å². The van der Waals surface area contributed by atoms with E-state index in [-0.39, 0.29) is 0 Å². The second-order valence-electron chi connectivity index (χ2n) is 8.39. The van der Waals surface area contributed by atoms with Gasteiger partial charge in [-0.1, -0.05) is 56.0 Å². The summed E-state index contributed by atoms with van der Waals surface area (Å²) in [4.78, 5) is 0. The minimum atomic E-state index is -1.42. The van der Waals surface area contributed by atoms with E-state index in [2.05, 4.69) is 88.1 Å². The first-order chi connectivity index (χ1) is 12.3. The van der Waals surface area contributed by atoms with E-state index in [1.54, 1.807) is 0 Å².